The van der Waals surface area contributed by atoms with Crippen molar-refractivity contribution in [2.24, 2.45) is 4.99 Å². The normalized spacial score (nSPS) is 14.9. The van der Waals surface area contributed by atoms with Crippen LogP contribution in [0.15, 0.2) is 77.9 Å². The van der Waals surface area contributed by atoms with E-state index in [-0.39, 0.29) is 11.2 Å². The summed E-state index contributed by atoms with van der Waals surface area (Å²) in [4.78, 5) is 5.09. The summed E-state index contributed by atoms with van der Waals surface area (Å²) in [5, 5.41) is 4.16. The van der Waals surface area contributed by atoms with Gasteiger partial charge in [-0.15, -0.1) is 0 Å². The Morgan fingerprint density at radius 2 is 1.79 bits per heavy atom. The highest BCUT2D eigenvalue weighted by Crippen LogP contribution is 2.48. The molecule has 0 aliphatic heterocycles. The fourth-order valence-electron chi connectivity index (χ4n) is 4.14. The molecule has 0 heterocycles. The zero-order valence-corrected chi connectivity index (χ0v) is 20.6. The van der Waals surface area contributed by atoms with Crippen molar-refractivity contribution in [1.29, 1.82) is 0 Å². The fourth-order valence-corrected chi connectivity index (χ4v) is 4.27. The minimum Gasteiger partial charge on any atom is -0.496 e. The molecule has 1 aliphatic carbocycles. The van der Waals surface area contributed by atoms with Crippen molar-refractivity contribution < 1.29 is 9.13 Å². The number of rotatable bonds is 8. The number of aliphatic imine (C=N–C) groups is 1. The maximum absolute atomic E-state index is 13.5. The molecule has 3 nitrogen and oxygen atoms in total. The number of amidine groups is 1. The third kappa shape index (κ3) is 5.34. The van der Waals surface area contributed by atoms with Crippen LogP contribution >= 0.6 is 11.6 Å². The number of methoxy groups -OCH3 is 1. The average molecular weight is 477 g/mol. The maximum Gasteiger partial charge on any atom is 0.132 e. The van der Waals surface area contributed by atoms with Crippen molar-refractivity contribution in [3.8, 4) is 16.9 Å². The highest BCUT2D eigenvalue weighted by molar-refractivity contribution is 6.30. The SMILES string of the molecule is CC/C=C/NC(=NCC1(c2ccc(Cl)cc2)CC1)c1cc(-c2ccc(F)cc2)cc(OC)c1C. The minimum atomic E-state index is -0.256. The van der Waals surface area contributed by atoms with E-state index in [0.717, 1.165) is 58.1 Å². The van der Waals surface area contributed by atoms with Gasteiger partial charge in [0.15, 0.2) is 0 Å². The van der Waals surface area contributed by atoms with Crippen molar-refractivity contribution in [2.45, 2.75) is 38.5 Å². The van der Waals surface area contributed by atoms with Gasteiger partial charge >= 0.3 is 0 Å². The molecule has 0 spiro atoms. The summed E-state index contributed by atoms with van der Waals surface area (Å²) in [6, 6.07) is 18.7. The van der Waals surface area contributed by atoms with Crippen molar-refractivity contribution in [2.75, 3.05) is 13.7 Å². The van der Waals surface area contributed by atoms with E-state index in [1.165, 1.54) is 17.7 Å². The second-order valence-corrected chi connectivity index (χ2v) is 9.20. The largest absolute Gasteiger partial charge is 0.496 e. The maximum atomic E-state index is 13.5. The monoisotopic (exact) mass is 476 g/mol. The summed E-state index contributed by atoms with van der Waals surface area (Å²) in [5.41, 5.74) is 5.17. The number of allylic oxidation sites excluding steroid dienone is 1. The summed E-state index contributed by atoms with van der Waals surface area (Å²) < 4.78 is 19.2. The molecule has 1 N–H and O–H groups in total. The molecule has 1 aliphatic rings. The Kier molecular flexibility index (Phi) is 7.38. The number of halogens is 2. The minimum absolute atomic E-state index is 0.0541. The van der Waals surface area contributed by atoms with Crippen LogP contribution in [0.1, 0.15) is 42.9 Å². The van der Waals surface area contributed by atoms with Gasteiger partial charge in [-0.05, 0) is 85.5 Å². The summed E-state index contributed by atoms with van der Waals surface area (Å²) in [6.07, 6.45) is 7.14. The molecule has 0 saturated heterocycles. The molecule has 34 heavy (non-hydrogen) atoms. The standard InChI is InChI=1S/C29H30ClFN2O/c1-4-5-16-32-28(33-19-29(14-15-29)23-8-10-24(30)11-9-23)26-17-22(18-27(34-3)20(26)2)21-6-12-25(31)13-7-21/h5-13,16-18H,4,14-15,19H2,1-3H3,(H,32,33)/b16-5+. The van der Waals surface area contributed by atoms with Crippen LogP contribution in [0.5, 0.6) is 5.75 Å². The topological polar surface area (TPSA) is 33.6 Å². The van der Waals surface area contributed by atoms with Crippen LogP contribution in [0, 0.1) is 12.7 Å². The number of nitrogens with zero attached hydrogens (tertiary/aromatic N) is 1. The van der Waals surface area contributed by atoms with Crippen LogP contribution in [0.2, 0.25) is 5.02 Å². The summed E-state index contributed by atoms with van der Waals surface area (Å²) in [7, 11) is 1.67. The smallest absolute Gasteiger partial charge is 0.132 e. The molecule has 0 aromatic heterocycles. The Morgan fingerprint density at radius 3 is 2.41 bits per heavy atom. The zero-order valence-electron chi connectivity index (χ0n) is 19.9. The molecule has 3 aromatic carbocycles. The van der Waals surface area contributed by atoms with E-state index < -0.39 is 0 Å². The molecule has 1 fully saturated rings. The Balaban J connectivity index is 1.74. The summed E-state index contributed by atoms with van der Waals surface area (Å²) in [5.74, 6) is 1.31. The predicted octanol–water partition coefficient (Wildman–Crippen LogP) is 7.45. The van der Waals surface area contributed by atoms with Gasteiger partial charge in [0.05, 0.1) is 13.7 Å². The Morgan fingerprint density at radius 1 is 1.09 bits per heavy atom. The quantitative estimate of drug-likeness (QED) is 0.270. The predicted molar refractivity (Wildman–Crippen MR) is 139 cm³/mol. The van der Waals surface area contributed by atoms with Gasteiger partial charge in [-0.1, -0.05) is 48.9 Å². The van der Waals surface area contributed by atoms with Gasteiger partial charge < -0.3 is 10.1 Å². The lowest BCUT2D eigenvalue weighted by molar-refractivity contribution is 0.412. The highest BCUT2D eigenvalue weighted by Gasteiger charge is 2.44. The average Bonchev–Trinajstić information content (AvgIpc) is 3.64. The van der Waals surface area contributed by atoms with Crippen LogP contribution < -0.4 is 10.1 Å². The molecule has 0 bridgehead atoms. The third-order valence-corrected chi connectivity index (χ3v) is 6.69. The fraction of sp³-hybridized carbons (Fsp3) is 0.276. The van der Waals surface area contributed by atoms with Crippen LogP contribution in [-0.4, -0.2) is 19.5 Å². The van der Waals surface area contributed by atoms with E-state index >= 15 is 0 Å². The Bertz CT molecular complexity index is 1200. The number of hydrogen-bond donors (Lipinski definition) is 1. The van der Waals surface area contributed by atoms with E-state index in [1.54, 1.807) is 19.2 Å². The van der Waals surface area contributed by atoms with Crippen molar-refractivity contribution >= 4 is 17.4 Å². The van der Waals surface area contributed by atoms with Crippen molar-refractivity contribution in [3.63, 3.8) is 0 Å². The first-order chi connectivity index (χ1) is 16.5. The summed E-state index contributed by atoms with van der Waals surface area (Å²) in [6.45, 7) is 4.81. The zero-order chi connectivity index (χ0) is 24.1. The van der Waals surface area contributed by atoms with Crippen molar-refractivity contribution in [1.82, 2.24) is 5.32 Å². The van der Waals surface area contributed by atoms with E-state index in [1.807, 2.05) is 31.3 Å². The lowest BCUT2D eigenvalue weighted by atomic mass is 9.95. The summed E-state index contributed by atoms with van der Waals surface area (Å²) >= 11 is 6.10. The van der Waals surface area contributed by atoms with Gasteiger partial charge in [-0.25, -0.2) is 4.39 Å². The molecular formula is C29H30ClFN2O. The first kappa shape index (κ1) is 24.0. The molecule has 3 aromatic rings. The van der Waals surface area contributed by atoms with Crippen molar-refractivity contribution in [3.05, 3.63) is 100 Å². The molecule has 0 amide bonds. The molecule has 176 valence electrons. The lowest BCUT2D eigenvalue weighted by Crippen LogP contribution is -2.23. The van der Waals surface area contributed by atoms with Crippen LogP contribution in [0.3, 0.4) is 0 Å². The highest BCUT2D eigenvalue weighted by atomic mass is 35.5. The number of nitrogens with one attached hydrogen (secondary N) is 1. The number of benzene rings is 3. The lowest BCUT2D eigenvalue weighted by Gasteiger charge is -2.18. The van der Waals surface area contributed by atoms with Gasteiger partial charge in [0.2, 0.25) is 0 Å². The van der Waals surface area contributed by atoms with Gasteiger partial charge in [0.25, 0.3) is 0 Å². The third-order valence-electron chi connectivity index (χ3n) is 6.44. The van der Waals surface area contributed by atoms with E-state index in [0.29, 0.717) is 6.54 Å². The second-order valence-electron chi connectivity index (χ2n) is 8.76. The molecule has 0 radical (unpaired) electrons. The molecule has 5 heteroatoms. The van der Waals surface area contributed by atoms with Crippen LogP contribution in [0.4, 0.5) is 4.39 Å². The number of hydrogen-bond acceptors (Lipinski definition) is 2. The molecular weight excluding hydrogens is 447 g/mol. The van der Waals surface area contributed by atoms with E-state index in [9.17, 15) is 4.39 Å². The van der Waals surface area contributed by atoms with Gasteiger partial charge in [-0.3, -0.25) is 4.99 Å². The van der Waals surface area contributed by atoms with E-state index in [4.69, 9.17) is 21.3 Å². The van der Waals surface area contributed by atoms with Gasteiger partial charge in [0.1, 0.15) is 17.4 Å². The second kappa shape index (κ2) is 10.4. The Labute approximate surface area is 206 Å². The van der Waals surface area contributed by atoms with Gasteiger partial charge in [0, 0.05) is 21.6 Å². The molecule has 0 atom stereocenters. The molecule has 4 rings (SSSR count). The Hall–Kier alpha value is -3.11. The first-order valence-electron chi connectivity index (χ1n) is 11.6. The molecule has 1 saturated carbocycles. The number of ether oxygens (including phenoxy) is 1. The van der Waals surface area contributed by atoms with Crippen LogP contribution in [-0.2, 0) is 5.41 Å². The first-order valence-corrected chi connectivity index (χ1v) is 12.0. The van der Waals surface area contributed by atoms with Crippen LogP contribution in [0.25, 0.3) is 11.1 Å². The molecule has 0 unspecified atom stereocenters. The van der Waals surface area contributed by atoms with E-state index in [2.05, 4.69) is 36.5 Å². The van der Waals surface area contributed by atoms with Gasteiger partial charge in [-0.2, -0.15) is 0 Å².